The molecule has 0 unspecified atom stereocenters. The molecule has 0 N–H and O–H groups in total. The smallest absolute Gasteiger partial charge is 0.343 e. The number of fused-ring (bicyclic) bond motifs is 1. The minimum Gasteiger partial charge on any atom is -0.343 e. The van der Waals surface area contributed by atoms with Crippen molar-refractivity contribution in [1.82, 2.24) is 4.57 Å². The third-order valence-electron chi connectivity index (χ3n) is 5.09. The van der Waals surface area contributed by atoms with E-state index in [0.717, 1.165) is 39.9 Å². The summed E-state index contributed by atoms with van der Waals surface area (Å²) in [6.45, 7) is 0. The van der Waals surface area contributed by atoms with Crippen LogP contribution in [0.5, 0.6) is 0 Å². The number of rotatable bonds is 4. The maximum Gasteiger partial charge on any atom is 0.416 e. The summed E-state index contributed by atoms with van der Waals surface area (Å²) in [5.74, 6) is -0.351. The topological polar surface area (TPSA) is 22.0 Å². The largest absolute Gasteiger partial charge is 0.416 e. The Morgan fingerprint density at radius 2 is 1.50 bits per heavy atom. The summed E-state index contributed by atoms with van der Waals surface area (Å²) in [5.41, 5.74) is 3.33. The second-order valence-electron chi connectivity index (χ2n) is 6.98. The highest BCUT2D eigenvalue weighted by molar-refractivity contribution is 6.09. The first-order valence-corrected chi connectivity index (χ1v) is 9.39. The van der Waals surface area contributed by atoms with Gasteiger partial charge in [-0.2, -0.15) is 13.2 Å². The maximum atomic E-state index is 12.7. The van der Waals surface area contributed by atoms with E-state index in [9.17, 15) is 18.0 Å². The molecule has 4 aromatic rings. The van der Waals surface area contributed by atoms with Crippen LogP contribution >= 0.6 is 0 Å². The van der Waals surface area contributed by atoms with E-state index in [1.807, 2.05) is 61.6 Å². The molecule has 4 rings (SSSR count). The molecule has 0 amide bonds. The van der Waals surface area contributed by atoms with Crippen molar-refractivity contribution in [2.24, 2.45) is 7.05 Å². The molecule has 150 valence electrons. The van der Waals surface area contributed by atoms with Crippen LogP contribution in [-0.4, -0.2) is 10.4 Å². The van der Waals surface area contributed by atoms with E-state index in [2.05, 4.69) is 4.57 Å². The van der Waals surface area contributed by atoms with Gasteiger partial charge in [0, 0.05) is 29.1 Å². The summed E-state index contributed by atoms with van der Waals surface area (Å²) >= 11 is 0. The first kappa shape index (κ1) is 19.7. The number of aromatic nitrogens is 1. The van der Waals surface area contributed by atoms with Gasteiger partial charge in [-0.15, -0.1) is 0 Å². The van der Waals surface area contributed by atoms with Crippen LogP contribution in [0.3, 0.4) is 0 Å². The van der Waals surface area contributed by atoms with Gasteiger partial charge in [-0.05, 0) is 35.9 Å². The Balaban J connectivity index is 1.75. The predicted octanol–water partition coefficient (Wildman–Crippen LogP) is 6.76. The molecule has 2 nitrogen and oxygen atoms in total. The molecule has 0 radical (unpaired) electrons. The number of aryl methyl sites for hydroxylation is 1. The molecule has 0 bridgehead atoms. The zero-order chi connectivity index (χ0) is 21.3. The summed E-state index contributed by atoms with van der Waals surface area (Å²) in [7, 11) is 1.97. The average Bonchev–Trinajstić information content (AvgIpc) is 3.04. The molecule has 3 aromatic carbocycles. The molecule has 0 aliphatic heterocycles. The van der Waals surface area contributed by atoms with Crippen LogP contribution in [0.1, 0.15) is 21.5 Å². The number of halogens is 3. The molecular formula is C25H18F3NO. The first-order valence-electron chi connectivity index (χ1n) is 9.39. The average molecular weight is 405 g/mol. The lowest BCUT2D eigenvalue weighted by atomic mass is 10.0. The highest BCUT2D eigenvalue weighted by atomic mass is 19.4. The fourth-order valence-electron chi connectivity index (χ4n) is 3.62. The number of benzene rings is 3. The number of carbonyl (C=O) groups excluding carboxylic acids is 1. The summed E-state index contributed by atoms with van der Waals surface area (Å²) in [6, 6.07) is 22.0. The molecule has 1 heterocycles. The highest BCUT2D eigenvalue weighted by Crippen LogP contribution is 2.34. The minimum atomic E-state index is -4.43. The standard InChI is InChI=1S/C25H18F3NO/c1-29-22-10-6-5-9-20(22)21(24(29)18-7-3-2-4-8-18)15-16-23(30)17-11-13-19(14-12-17)25(26,27)28/h2-16H,1H3/b16-15+. The van der Waals surface area contributed by atoms with Crippen LogP contribution in [0.15, 0.2) is 84.9 Å². The van der Waals surface area contributed by atoms with E-state index < -0.39 is 11.7 Å². The molecule has 0 atom stereocenters. The second kappa shape index (κ2) is 7.67. The van der Waals surface area contributed by atoms with Crippen molar-refractivity contribution in [3.8, 4) is 11.3 Å². The molecule has 0 aliphatic carbocycles. The fraction of sp³-hybridized carbons (Fsp3) is 0.0800. The van der Waals surface area contributed by atoms with Crippen molar-refractivity contribution in [3.63, 3.8) is 0 Å². The third-order valence-corrected chi connectivity index (χ3v) is 5.09. The normalized spacial score (nSPS) is 12.0. The number of allylic oxidation sites excluding steroid dienone is 1. The monoisotopic (exact) mass is 405 g/mol. The molecule has 0 saturated carbocycles. The van der Waals surface area contributed by atoms with E-state index in [-0.39, 0.29) is 11.3 Å². The van der Waals surface area contributed by atoms with Crippen LogP contribution in [0, 0.1) is 0 Å². The molecule has 1 aromatic heterocycles. The Labute approximate surface area is 171 Å². The number of alkyl halides is 3. The molecular weight excluding hydrogens is 387 g/mol. The van der Waals surface area contributed by atoms with Crippen LogP contribution < -0.4 is 0 Å². The van der Waals surface area contributed by atoms with Gasteiger partial charge in [0.2, 0.25) is 0 Å². The Hall–Kier alpha value is -3.60. The number of hydrogen-bond donors (Lipinski definition) is 0. The Morgan fingerprint density at radius 1 is 0.867 bits per heavy atom. The molecule has 0 spiro atoms. The first-order chi connectivity index (χ1) is 14.4. The van der Waals surface area contributed by atoms with Gasteiger partial charge in [0.05, 0.1) is 11.3 Å². The summed E-state index contributed by atoms with van der Waals surface area (Å²) < 4.78 is 40.3. The SMILES string of the molecule is Cn1c(-c2ccccc2)c(/C=C/C(=O)c2ccc(C(F)(F)F)cc2)c2ccccc21. The Bertz CT molecular complexity index is 1230. The van der Waals surface area contributed by atoms with E-state index in [0.29, 0.717) is 0 Å². The second-order valence-corrected chi connectivity index (χ2v) is 6.98. The van der Waals surface area contributed by atoms with Gasteiger partial charge in [0.15, 0.2) is 5.78 Å². The molecule has 30 heavy (non-hydrogen) atoms. The summed E-state index contributed by atoms with van der Waals surface area (Å²) in [6.07, 6.45) is -1.27. The molecule has 5 heteroatoms. The summed E-state index contributed by atoms with van der Waals surface area (Å²) in [4.78, 5) is 12.6. The molecule has 0 aliphatic rings. The van der Waals surface area contributed by atoms with Crippen molar-refractivity contribution >= 4 is 22.8 Å². The van der Waals surface area contributed by atoms with Gasteiger partial charge in [-0.3, -0.25) is 4.79 Å². The van der Waals surface area contributed by atoms with E-state index in [1.165, 1.54) is 18.2 Å². The Kier molecular flexibility index (Phi) is 5.04. The molecule has 0 fully saturated rings. The zero-order valence-electron chi connectivity index (χ0n) is 16.1. The van der Waals surface area contributed by atoms with Crippen molar-refractivity contribution in [1.29, 1.82) is 0 Å². The minimum absolute atomic E-state index is 0.209. The number of hydrogen-bond acceptors (Lipinski definition) is 1. The van der Waals surface area contributed by atoms with Gasteiger partial charge < -0.3 is 4.57 Å². The van der Waals surface area contributed by atoms with E-state index in [1.54, 1.807) is 6.08 Å². The van der Waals surface area contributed by atoms with Crippen molar-refractivity contribution < 1.29 is 18.0 Å². The fourth-order valence-corrected chi connectivity index (χ4v) is 3.62. The van der Waals surface area contributed by atoms with Crippen molar-refractivity contribution in [3.05, 3.63) is 102 Å². The predicted molar refractivity (Wildman–Crippen MR) is 113 cm³/mol. The lowest BCUT2D eigenvalue weighted by molar-refractivity contribution is -0.137. The molecule has 0 saturated heterocycles. The zero-order valence-corrected chi connectivity index (χ0v) is 16.1. The van der Waals surface area contributed by atoms with Gasteiger partial charge >= 0.3 is 6.18 Å². The van der Waals surface area contributed by atoms with Gasteiger partial charge in [0.25, 0.3) is 0 Å². The Morgan fingerprint density at radius 3 is 2.17 bits per heavy atom. The van der Waals surface area contributed by atoms with Gasteiger partial charge in [0.1, 0.15) is 0 Å². The van der Waals surface area contributed by atoms with Crippen LogP contribution in [-0.2, 0) is 13.2 Å². The lowest BCUT2D eigenvalue weighted by Crippen LogP contribution is -2.05. The van der Waals surface area contributed by atoms with Crippen LogP contribution in [0.25, 0.3) is 28.2 Å². The van der Waals surface area contributed by atoms with E-state index in [4.69, 9.17) is 0 Å². The lowest BCUT2D eigenvalue weighted by Gasteiger charge is -2.07. The van der Waals surface area contributed by atoms with Crippen LogP contribution in [0.4, 0.5) is 13.2 Å². The van der Waals surface area contributed by atoms with Crippen LogP contribution in [0.2, 0.25) is 0 Å². The number of ketones is 1. The number of para-hydroxylation sites is 1. The van der Waals surface area contributed by atoms with Gasteiger partial charge in [-0.1, -0.05) is 60.7 Å². The number of nitrogens with zero attached hydrogens (tertiary/aromatic N) is 1. The summed E-state index contributed by atoms with van der Waals surface area (Å²) in [5, 5.41) is 0.996. The van der Waals surface area contributed by atoms with Gasteiger partial charge in [-0.25, -0.2) is 0 Å². The highest BCUT2D eigenvalue weighted by Gasteiger charge is 2.30. The number of carbonyl (C=O) groups is 1. The van der Waals surface area contributed by atoms with E-state index >= 15 is 0 Å². The quantitative estimate of drug-likeness (QED) is 0.272. The maximum absolute atomic E-state index is 12.7. The van der Waals surface area contributed by atoms with Crippen molar-refractivity contribution in [2.75, 3.05) is 0 Å². The van der Waals surface area contributed by atoms with Crippen molar-refractivity contribution in [2.45, 2.75) is 6.18 Å². The third kappa shape index (κ3) is 3.66.